The molecule has 8 rings (SSSR count). The van der Waals surface area contributed by atoms with Crippen LogP contribution < -0.4 is 16.7 Å². The Kier molecular flexibility index (Phi) is 20.6. The third-order valence-corrected chi connectivity index (χ3v) is 21.5. The van der Waals surface area contributed by atoms with E-state index in [0.717, 1.165) is 11.3 Å². The second-order valence-electron chi connectivity index (χ2n) is 19.3. The normalized spacial score (nSPS) is 12.8. The van der Waals surface area contributed by atoms with Crippen molar-refractivity contribution in [2.45, 2.75) is 92.2 Å². The summed E-state index contributed by atoms with van der Waals surface area (Å²) in [5.41, 5.74) is 6.98. The number of likely N-dealkylation sites (N-methyl/N-ethyl adjacent to an activating group) is 1. The Hall–Kier alpha value is -6.05. The Balaban J connectivity index is 0.000000196. The number of hydrazine groups is 1. The molecule has 0 aliphatic carbocycles. The summed E-state index contributed by atoms with van der Waals surface area (Å²) < 4.78 is 102. The van der Waals surface area contributed by atoms with Crippen LogP contribution >= 0.6 is 46.4 Å². The Morgan fingerprint density at radius 2 is 0.787 bits per heavy atom. The van der Waals surface area contributed by atoms with E-state index in [-0.39, 0.29) is 54.4 Å². The molecule has 3 aromatic heterocycles. The zero-order valence-corrected chi connectivity index (χ0v) is 52.2. The monoisotopic (exact) mass is 1250 g/mol. The molecule has 0 atom stereocenters. The number of halogens is 4. The molecule has 19 nitrogen and oxygen atoms in total. The number of aromatic amines is 4. The van der Waals surface area contributed by atoms with Crippen molar-refractivity contribution in [3.05, 3.63) is 204 Å². The summed E-state index contributed by atoms with van der Waals surface area (Å²) in [4.78, 5) is 34.6. The summed E-state index contributed by atoms with van der Waals surface area (Å²) in [6.45, 7) is 17.8. The molecule has 0 radical (unpaired) electrons. The van der Waals surface area contributed by atoms with Crippen LogP contribution in [0.2, 0.25) is 20.1 Å². The van der Waals surface area contributed by atoms with Crippen LogP contribution in [0.15, 0.2) is 125 Å². The number of sulfone groups is 4. The summed E-state index contributed by atoms with van der Waals surface area (Å²) in [5.74, 6) is -0.794. The van der Waals surface area contributed by atoms with Crippen molar-refractivity contribution in [1.82, 2.24) is 39.8 Å². The molecule has 0 saturated carbocycles. The van der Waals surface area contributed by atoms with E-state index in [1.807, 2.05) is 19.1 Å². The van der Waals surface area contributed by atoms with Gasteiger partial charge in [0.25, 0.3) is 16.7 Å². The summed E-state index contributed by atoms with van der Waals surface area (Å²) in [5, 5.41) is 15.8. The maximum Gasteiger partial charge on any atom is 0.266 e. The number of rotatable bonds is 12. The van der Waals surface area contributed by atoms with E-state index in [1.165, 1.54) is 34.6 Å². The first-order chi connectivity index (χ1) is 36.8. The van der Waals surface area contributed by atoms with Gasteiger partial charge in [0.15, 0.2) is 39.3 Å². The second-order valence-corrected chi connectivity index (χ2v) is 28.8. The highest BCUT2D eigenvalue weighted by Gasteiger charge is 2.28. The molecule has 80 heavy (non-hydrogen) atoms. The topological polar surface area (TPSA) is 267 Å². The van der Waals surface area contributed by atoms with Crippen molar-refractivity contribution >= 4 is 85.8 Å². The fourth-order valence-electron chi connectivity index (χ4n) is 8.10. The summed E-state index contributed by atoms with van der Waals surface area (Å²) in [6, 6.07) is 16.7. The highest BCUT2D eigenvalue weighted by molar-refractivity contribution is 7.92. The number of hydrogen-bond donors (Lipinski definition) is 4. The smallest absolute Gasteiger partial charge is 0.266 e. The van der Waals surface area contributed by atoms with Crippen LogP contribution in [0.25, 0.3) is 0 Å². The Labute approximate surface area is 485 Å². The van der Waals surface area contributed by atoms with E-state index in [1.54, 1.807) is 122 Å². The third kappa shape index (κ3) is 15.9. The summed E-state index contributed by atoms with van der Waals surface area (Å²) in [6.07, 6.45) is 1.79. The number of H-pyrrole nitrogens is 4. The molecule has 0 amide bonds. The molecule has 4 aromatic carbocycles. The highest BCUT2D eigenvalue weighted by atomic mass is 35.5. The molecule has 0 spiro atoms. The van der Waals surface area contributed by atoms with Crippen molar-refractivity contribution in [3.8, 4) is 0 Å². The zero-order chi connectivity index (χ0) is 60.3. The molecule has 0 fully saturated rings. The molecule has 4 N–H and O–H groups in total. The highest BCUT2D eigenvalue weighted by Crippen LogP contribution is 2.31. The van der Waals surface area contributed by atoms with E-state index >= 15 is 0 Å². The van der Waals surface area contributed by atoms with E-state index in [9.17, 15) is 48.1 Å². The van der Waals surface area contributed by atoms with Crippen molar-refractivity contribution in [2.75, 3.05) is 19.8 Å². The number of hydrogen-bond acceptors (Lipinski definition) is 13. The lowest BCUT2D eigenvalue weighted by atomic mass is 10.2. The lowest BCUT2D eigenvalue weighted by molar-refractivity contribution is 0.134. The maximum absolute atomic E-state index is 12.7. The summed E-state index contributed by atoms with van der Waals surface area (Å²) >= 11 is 23.9. The molecule has 4 heterocycles. The molecule has 432 valence electrons. The number of aryl methyl sites for hydroxylation is 10. The molecule has 7 aromatic rings. The predicted molar refractivity (Wildman–Crippen MR) is 315 cm³/mol. The minimum atomic E-state index is -3.53. The van der Waals surface area contributed by atoms with Crippen molar-refractivity contribution in [1.29, 1.82) is 0 Å². The lowest BCUT2D eigenvalue weighted by Crippen LogP contribution is -2.31. The Bertz CT molecular complexity index is 4230. The molecule has 27 heteroatoms. The van der Waals surface area contributed by atoms with E-state index < -0.39 is 39.3 Å². The van der Waals surface area contributed by atoms with Gasteiger partial charge in [0.05, 0.1) is 71.1 Å². The van der Waals surface area contributed by atoms with Gasteiger partial charge in [0.1, 0.15) is 0 Å². The molecule has 0 unspecified atom stereocenters. The fraction of sp³-hybridized carbons (Fsp3) is 0.302. The first-order valence-electron chi connectivity index (χ1n) is 23.9. The van der Waals surface area contributed by atoms with Gasteiger partial charge in [-0.15, -0.1) is 0 Å². The van der Waals surface area contributed by atoms with Gasteiger partial charge in [-0.05, 0) is 155 Å². The van der Waals surface area contributed by atoms with Gasteiger partial charge in [-0.25, -0.2) is 33.7 Å². The SMILES string of the molecule is C=C1C=C(CS(=O)(=O)c2cc(C)c(Cl)cc2C)N(C)N1C.Cc1cc(S(=O)(=O)Cc2cc(=O)[nH][nH]2)c(C)cc1Cl.Cc1cc(S(=O)(=O)Cc2cc(=O)[nH]n2C)c(C)cc1Cl.Cc1cc(S(=O)(=O)Cc2cc(=O)n(C)[nH]2)c(C)cc1Cl. The van der Waals surface area contributed by atoms with Crippen LogP contribution in [0, 0.1) is 55.4 Å². The largest absolute Gasteiger partial charge is 0.301 e. The lowest BCUT2D eigenvalue weighted by Gasteiger charge is -2.26. The van der Waals surface area contributed by atoms with Gasteiger partial charge in [-0.1, -0.05) is 53.0 Å². The van der Waals surface area contributed by atoms with E-state index in [2.05, 4.69) is 27.0 Å². The molecular weight excluding hydrogens is 1190 g/mol. The van der Waals surface area contributed by atoms with Crippen LogP contribution in [-0.2, 0) is 70.7 Å². The molecule has 1 aliphatic rings. The second kappa shape index (κ2) is 25.4. The van der Waals surface area contributed by atoms with Crippen LogP contribution in [0.1, 0.15) is 61.6 Å². The van der Waals surface area contributed by atoms with Gasteiger partial charge in [-0.3, -0.25) is 49.1 Å². The number of benzene rings is 4. The van der Waals surface area contributed by atoms with Crippen LogP contribution in [-0.4, -0.2) is 93.3 Å². The van der Waals surface area contributed by atoms with Crippen molar-refractivity contribution in [3.63, 3.8) is 0 Å². The van der Waals surface area contributed by atoms with Crippen LogP contribution in [0.4, 0.5) is 0 Å². The maximum atomic E-state index is 12.7. The number of nitrogens with one attached hydrogen (secondary N) is 4. The van der Waals surface area contributed by atoms with Crippen molar-refractivity contribution in [2.24, 2.45) is 14.1 Å². The van der Waals surface area contributed by atoms with Gasteiger partial charge in [0, 0.05) is 66.5 Å². The van der Waals surface area contributed by atoms with E-state index in [0.29, 0.717) is 86.7 Å². The molecular formula is C53H62Cl4N8O11S4. The first-order valence-corrected chi connectivity index (χ1v) is 32.1. The fourth-order valence-corrected chi connectivity index (χ4v) is 15.7. The van der Waals surface area contributed by atoms with Crippen LogP contribution in [0.5, 0.6) is 0 Å². The van der Waals surface area contributed by atoms with Gasteiger partial charge < -0.3 is 5.10 Å². The van der Waals surface area contributed by atoms with Crippen LogP contribution in [0.3, 0.4) is 0 Å². The number of nitrogens with zero attached hydrogens (tertiary/aromatic N) is 4. The zero-order valence-electron chi connectivity index (χ0n) is 45.9. The Morgan fingerprint density at radius 1 is 0.412 bits per heavy atom. The minimum Gasteiger partial charge on any atom is -0.301 e. The van der Waals surface area contributed by atoms with Gasteiger partial charge in [0.2, 0.25) is 0 Å². The molecule has 0 saturated heterocycles. The number of allylic oxidation sites excluding steroid dienone is 1. The van der Waals surface area contributed by atoms with Crippen molar-refractivity contribution < 1.29 is 33.7 Å². The first kappa shape index (κ1) is 64.8. The van der Waals surface area contributed by atoms with Gasteiger partial charge >= 0.3 is 0 Å². The van der Waals surface area contributed by atoms with Gasteiger partial charge in [-0.2, -0.15) is 0 Å². The third-order valence-electron chi connectivity index (χ3n) is 12.7. The van der Waals surface area contributed by atoms with E-state index in [4.69, 9.17) is 46.4 Å². The standard InChI is InChI=1S/C15H19ClN2O2S.2C13H15ClN2O3S.C12H13ClN2O3S/c1-10-7-15(11(2)6-14(10)16)21(19,20)9-13-8-12(3)17(4)18(13)5;1-8-5-12(9(2)4-11(8)14)20(18,19)7-10-6-13(17)15-16(10)3;1-8-5-12(9(2)4-11(8)14)20(18,19)7-10-6-13(17)16(3)15-10;1-7-4-11(8(2)3-10(7)13)19(17,18)6-9-5-12(16)15-14-9/h6-8H,3,9H2,1-2,4-5H3;4-6H,7H2,1-3H3,(H,15,17);4-6,15H,7H2,1-3H3;3-5H,6H2,1-2H3,(H2,14,15,16). The molecule has 0 bridgehead atoms. The minimum absolute atomic E-state index is 0.0607. The summed E-state index contributed by atoms with van der Waals surface area (Å²) in [7, 11) is -7.20. The predicted octanol–water partition coefficient (Wildman–Crippen LogP) is 8.78. The Morgan fingerprint density at radius 3 is 1.10 bits per heavy atom. The molecule has 1 aliphatic heterocycles. The number of aromatic nitrogens is 6. The average molecular weight is 1260 g/mol. The average Bonchev–Trinajstić information content (AvgIpc) is 4.05. The quantitative estimate of drug-likeness (QED) is 0.0892.